The maximum Gasteiger partial charge on any atom is 0.311 e. The molecule has 0 saturated heterocycles. The average molecular weight is 221 g/mol. The van der Waals surface area contributed by atoms with Crippen molar-refractivity contribution in [2.24, 2.45) is 0 Å². The minimum Gasteiger partial charge on any atom is -0.487 e. The highest BCUT2D eigenvalue weighted by molar-refractivity contribution is 5.58. The third kappa shape index (κ3) is 2.85. The summed E-state index contributed by atoms with van der Waals surface area (Å²) in [5, 5.41) is 21.9. The van der Waals surface area contributed by atoms with Crippen LogP contribution in [0.25, 0.3) is 0 Å². The third-order valence-electron chi connectivity index (χ3n) is 1.83. The Hall–Kier alpha value is -2.29. The van der Waals surface area contributed by atoms with E-state index in [-0.39, 0.29) is 18.0 Å². The van der Waals surface area contributed by atoms with Gasteiger partial charge in [0, 0.05) is 17.8 Å². The fraction of sp³-hybridized carbons (Fsp3) is 0.300. The Balaban J connectivity index is 2.98. The van der Waals surface area contributed by atoms with Crippen LogP contribution in [0.3, 0.4) is 0 Å². The molecule has 0 saturated carbocycles. The fourth-order valence-electron chi connectivity index (χ4n) is 1.19. The van der Waals surface area contributed by atoms with Gasteiger partial charge in [-0.05, 0) is 13.0 Å². The number of benzene rings is 1. The summed E-state index contributed by atoms with van der Waals surface area (Å²) in [5.41, 5.74) is 0.542. The molecule has 0 amide bonds. The molecule has 1 aromatic carbocycles. The Labute approximate surface area is 92.6 Å². The maximum absolute atomic E-state index is 10.7. The first kappa shape index (κ1) is 11.8. The van der Waals surface area contributed by atoms with Crippen molar-refractivity contribution in [1.29, 1.82) is 5.26 Å². The summed E-state index contributed by atoms with van der Waals surface area (Å²) in [4.78, 5) is 10.2. The second-order valence-electron chi connectivity index (χ2n) is 2.88. The van der Waals surface area contributed by atoms with Crippen molar-refractivity contribution < 1.29 is 9.66 Å². The third-order valence-corrected chi connectivity index (χ3v) is 1.83. The normalized spacial score (nSPS) is 9.25. The highest BCUT2D eigenvalue weighted by Gasteiger charge is 2.14. The van der Waals surface area contributed by atoms with Crippen molar-refractivity contribution in [2.45, 2.75) is 6.92 Å². The second-order valence-corrected chi connectivity index (χ2v) is 2.88. The van der Waals surface area contributed by atoms with Crippen molar-refractivity contribution in [3.05, 3.63) is 28.3 Å². The van der Waals surface area contributed by atoms with E-state index in [4.69, 9.17) is 10.00 Å². The summed E-state index contributed by atoms with van der Waals surface area (Å²) < 4.78 is 5.15. The number of ether oxygens (including phenoxy) is 1. The van der Waals surface area contributed by atoms with Gasteiger partial charge in [0.25, 0.3) is 0 Å². The molecule has 84 valence electrons. The lowest BCUT2D eigenvalue weighted by molar-refractivity contribution is -0.385. The lowest BCUT2D eigenvalue weighted by Crippen LogP contribution is -2.01. The Morgan fingerprint density at radius 2 is 2.38 bits per heavy atom. The molecular formula is C10H11N3O3. The summed E-state index contributed by atoms with van der Waals surface area (Å²) in [7, 11) is 0. The molecule has 0 aliphatic carbocycles. The molecule has 16 heavy (non-hydrogen) atoms. The number of anilines is 1. The number of nitro benzene ring substituents is 1. The average Bonchev–Trinajstić information content (AvgIpc) is 2.26. The van der Waals surface area contributed by atoms with Gasteiger partial charge in [-0.3, -0.25) is 10.1 Å². The number of nitro groups is 1. The molecule has 0 heterocycles. The minimum atomic E-state index is -0.501. The van der Waals surface area contributed by atoms with Crippen LogP contribution < -0.4 is 10.1 Å². The lowest BCUT2D eigenvalue weighted by atomic mass is 10.2. The van der Waals surface area contributed by atoms with Crippen LogP contribution in [0.1, 0.15) is 6.92 Å². The number of nitrogens with one attached hydrogen (secondary N) is 1. The number of nitrogens with zero attached hydrogens (tertiary/aromatic N) is 2. The van der Waals surface area contributed by atoms with Crippen LogP contribution in [0.5, 0.6) is 5.75 Å². The maximum atomic E-state index is 10.7. The standard InChI is InChI=1S/C10H11N3O3/c1-2-16-10-7-8(12-6-5-11)3-4-9(10)13(14)15/h3-4,7,12H,2,6H2,1H3. The predicted octanol–water partition coefficient (Wildman–Crippen LogP) is 1.93. The summed E-state index contributed by atoms with van der Waals surface area (Å²) in [6.45, 7) is 2.24. The molecule has 0 atom stereocenters. The van der Waals surface area contributed by atoms with Crippen molar-refractivity contribution >= 4 is 11.4 Å². The molecule has 0 bridgehead atoms. The van der Waals surface area contributed by atoms with Gasteiger partial charge in [-0.15, -0.1) is 0 Å². The highest BCUT2D eigenvalue weighted by Crippen LogP contribution is 2.29. The molecule has 0 radical (unpaired) electrons. The largest absolute Gasteiger partial charge is 0.487 e. The van der Waals surface area contributed by atoms with Gasteiger partial charge in [0.2, 0.25) is 0 Å². The Kier molecular flexibility index (Phi) is 4.09. The molecule has 6 heteroatoms. The molecule has 1 aromatic rings. The van der Waals surface area contributed by atoms with Crippen LogP contribution in [0, 0.1) is 21.4 Å². The van der Waals surface area contributed by atoms with Gasteiger partial charge in [-0.2, -0.15) is 5.26 Å². The molecule has 1 rings (SSSR count). The molecule has 6 nitrogen and oxygen atoms in total. The van der Waals surface area contributed by atoms with E-state index < -0.39 is 4.92 Å². The fourth-order valence-corrected chi connectivity index (χ4v) is 1.19. The molecule has 0 fully saturated rings. The molecular weight excluding hydrogens is 210 g/mol. The van der Waals surface area contributed by atoms with Crippen molar-refractivity contribution in [3.8, 4) is 11.8 Å². The Morgan fingerprint density at radius 1 is 1.62 bits per heavy atom. The molecule has 0 unspecified atom stereocenters. The summed E-state index contributed by atoms with van der Waals surface area (Å²) in [5.74, 6) is 0.204. The number of hydrogen-bond acceptors (Lipinski definition) is 5. The van der Waals surface area contributed by atoms with Crippen LogP contribution in [0.15, 0.2) is 18.2 Å². The van der Waals surface area contributed by atoms with Gasteiger partial charge >= 0.3 is 5.69 Å². The zero-order valence-corrected chi connectivity index (χ0v) is 8.77. The lowest BCUT2D eigenvalue weighted by Gasteiger charge is -2.07. The van der Waals surface area contributed by atoms with E-state index in [9.17, 15) is 10.1 Å². The minimum absolute atomic E-state index is 0.0793. The van der Waals surface area contributed by atoms with Gasteiger partial charge in [0.05, 0.1) is 17.6 Å². The van der Waals surface area contributed by atoms with E-state index in [1.54, 1.807) is 6.92 Å². The van der Waals surface area contributed by atoms with Crippen LogP contribution in [-0.2, 0) is 0 Å². The number of hydrogen-bond donors (Lipinski definition) is 1. The quantitative estimate of drug-likeness (QED) is 0.466. The van der Waals surface area contributed by atoms with E-state index in [1.807, 2.05) is 6.07 Å². The zero-order chi connectivity index (χ0) is 12.0. The predicted molar refractivity (Wildman–Crippen MR) is 58.4 cm³/mol. The topological polar surface area (TPSA) is 88.2 Å². The van der Waals surface area contributed by atoms with E-state index in [0.717, 1.165) is 0 Å². The number of nitriles is 1. The van der Waals surface area contributed by atoms with E-state index in [1.165, 1.54) is 18.2 Å². The first-order chi connectivity index (χ1) is 7.69. The van der Waals surface area contributed by atoms with Crippen molar-refractivity contribution in [3.63, 3.8) is 0 Å². The first-order valence-electron chi connectivity index (χ1n) is 4.71. The first-order valence-corrected chi connectivity index (χ1v) is 4.71. The van der Waals surface area contributed by atoms with Gasteiger partial charge < -0.3 is 10.1 Å². The van der Waals surface area contributed by atoms with Crippen LogP contribution in [0.4, 0.5) is 11.4 Å². The zero-order valence-electron chi connectivity index (χ0n) is 8.77. The molecule has 0 aromatic heterocycles. The monoisotopic (exact) mass is 221 g/mol. The smallest absolute Gasteiger partial charge is 0.311 e. The summed E-state index contributed by atoms with van der Waals surface area (Å²) in [6, 6.07) is 6.32. The van der Waals surface area contributed by atoms with Crippen LogP contribution in [-0.4, -0.2) is 18.1 Å². The Morgan fingerprint density at radius 3 is 2.94 bits per heavy atom. The van der Waals surface area contributed by atoms with E-state index in [0.29, 0.717) is 12.3 Å². The van der Waals surface area contributed by atoms with Crippen molar-refractivity contribution in [1.82, 2.24) is 0 Å². The highest BCUT2D eigenvalue weighted by atomic mass is 16.6. The van der Waals surface area contributed by atoms with Gasteiger partial charge in [0.15, 0.2) is 5.75 Å². The van der Waals surface area contributed by atoms with Gasteiger partial charge in [-0.1, -0.05) is 0 Å². The van der Waals surface area contributed by atoms with Gasteiger partial charge in [-0.25, -0.2) is 0 Å². The Bertz CT molecular complexity index is 426. The van der Waals surface area contributed by atoms with Crippen LogP contribution >= 0.6 is 0 Å². The van der Waals surface area contributed by atoms with Gasteiger partial charge in [0.1, 0.15) is 6.54 Å². The van der Waals surface area contributed by atoms with Crippen molar-refractivity contribution in [2.75, 3.05) is 18.5 Å². The molecule has 0 spiro atoms. The number of rotatable bonds is 5. The van der Waals surface area contributed by atoms with E-state index >= 15 is 0 Å². The summed E-state index contributed by atoms with van der Waals surface area (Å²) >= 11 is 0. The molecule has 1 N–H and O–H groups in total. The SMILES string of the molecule is CCOc1cc(NCC#N)ccc1[N+](=O)[O-]. The summed E-state index contributed by atoms with van der Waals surface area (Å²) in [6.07, 6.45) is 0. The molecule has 0 aliphatic rings. The van der Waals surface area contributed by atoms with E-state index in [2.05, 4.69) is 5.32 Å². The molecule has 0 aliphatic heterocycles. The second kappa shape index (κ2) is 5.56. The van der Waals surface area contributed by atoms with Crippen LogP contribution in [0.2, 0.25) is 0 Å².